The number of hydrogen-bond acceptors (Lipinski definition) is 5. The van der Waals surface area contributed by atoms with Crippen LogP contribution in [0.15, 0.2) is 65.2 Å². The van der Waals surface area contributed by atoms with E-state index in [2.05, 4.69) is 20.6 Å². The Morgan fingerprint density at radius 2 is 2.00 bits per heavy atom. The van der Waals surface area contributed by atoms with E-state index in [0.717, 1.165) is 16.8 Å². The summed E-state index contributed by atoms with van der Waals surface area (Å²) in [5, 5.41) is 6.36. The van der Waals surface area contributed by atoms with Gasteiger partial charge in [-0.3, -0.25) is 10.1 Å². The molecule has 0 spiro atoms. The monoisotopic (exact) mass is 422 g/mol. The Hall–Kier alpha value is -3.29. The number of halogens is 1. The lowest BCUT2D eigenvalue weighted by Crippen LogP contribution is -2.34. The largest absolute Gasteiger partial charge is 0.434 e. The summed E-state index contributed by atoms with van der Waals surface area (Å²) >= 11 is 11.2. The van der Waals surface area contributed by atoms with Crippen LogP contribution in [0.25, 0.3) is 22.7 Å². The maximum Gasteiger partial charge on any atom is 0.257 e. The summed E-state index contributed by atoms with van der Waals surface area (Å²) in [7, 11) is 0. The van der Waals surface area contributed by atoms with E-state index in [9.17, 15) is 4.79 Å². The molecule has 29 heavy (non-hydrogen) atoms. The van der Waals surface area contributed by atoms with Crippen LogP contribution in [0.5, 0.6) is 0 Å². The Labute approximate surface area is 176 Å². The van der Waals surface area contributed by atoms with Crippen molar-refractivity contribution >= 4 is 51.8 Å². The number of hydrogen-bond donors (Lipinski definition) is 2. The Bertz CT molecular complexity index is 1210. The zero-order chi connectivity index (χ0) is 20.4. The van der Waals surface area contributed by atoms with Gasteiger partial charge in [-0.05, 0) is 73.2 Å². The van der Waals surface area contributed by atoms with Crippen LogP contribution in [0.2, 0.25) is 5.02 Å². The molecule has 0 fully saturated rings. The van der Waals surface area contributed by atoms with Crippen molar-refractivity contribution in [2.45, 2.75) is 6.92 Å². The van der Waals surface area contributed by atoms with E-state index < -0.39 is 0 Å². The average Bonchev–Trinajstić information content (AvgIpc) is 3.13. The minimum Gasteiger partial charge on any atom is -0.434 e. The molecule has 2 N–H and O–H groups in total. The number of oxazole rings is 1. The second-order valence-electron chi connectivity index (χ2n) is 6.29. The minimum absolute atomic E-state index is 0.192. The molecule has 1 amide bonds. The van der Waals surface area contributed by atoms with Gasteiger partial charge >= 0.3 is 0 Å². The SMILES string of the molecule is Cc1cc(-c2nc3ncccc3o2)ccc1NC(=S)NC(=O)c1cccc(Cl)c1. The summed E-state index contributed by atoms with van der Waals surface area (Å²) in [5.41, 5.74) is 4.12. The summed E-state index contributed by atoms with van der Waals surface area (Å²) in [4.78, 5) is 20.9. The molecule has 4 rings (SSSR count). The molecule has 0 atom stereocenters. The second-order valence-corrected chi connectivity index (χ2v) is 7.14. The van der Waals surface area contributed by atoms with Gasteiger partial charge in [0.05, 0.1) is 0 Å². The molecule has 144 valence electrons. The van der Waals surface area contributed by atoms with E-state index in [0.29, 0.717) is 27.7 Å². The highest BCUT2D eigenvalue weighted by molar-refractivity contribution is 7.80. The van der Waals surface area contributed by atoms with E-state index in [4.69, 9.17) is 28.2 Å². The average molecular weight is 423 g/mol. The van der Waals surface area contributed by atoms with E-state index in [1.54, 1.807) is 36.5 Å². The van der Waals surface area contributed by atoms with Crippen molar-refractivity contribution in [3.05, 3.63) is 76.9 Å². The van der Waals surface area contributed by atoms with E-state index >= 15 is 0 Å². The molecule has 0 radical (unpaired) electrons. The fourth-order valence-electron chi connectivity index (χ4n) is 2.79. The maximum absolute atomic E-state index is 12.3. The minimum atomic E-state index is -0.335. The van der Waals surface area contributed by atoms with Gasteiger partial charge in [-0.25, -0.2) is 4.98 Å². The van der Waals surface area contributed by atoms with E-state index in [1.807, 2.05) is 31.2 Å². The lowest BCUT2D eigenvalue weighted by Gasteiger charge is -2.12. The van der Waals surface area contributed by atoms with Gasteiger partial charge in [0, 0.05) is 28.0 Å². The number of carbonyl (C=O) groups excluding carboxylic acids is 1. The highest BCUT2D eigenvalue weighted by Crippen LogP contribution is 2.26. The van der Waals surface area contributed by atoms with Crippen LogP contribution >= 0.6 is 23.8 Å². The lowest BCUT2D eigenvalue weighted by molar-refractivity contribution is 0.0977. The molecule has 0 aliphatic carbocycles. The number of fused-ring (bicyclic) bond motifs is 1. The van der Waals surface area contributed by atoms with Crippen molar-refractivity contribution in [3.8, 4) is 11.5 Å². The first-order valence-electron chi connectivity index (χ1n) is 8.70. The van der Waals surface area contributed by atoms with Gasteiger partial charge in [0.25, 0.3) is 5.91 Å². The number of pyridine rings is 1. The van der Waals surface area contributed by atoms with Gasteiger partial charge in [-0.2, -0.15) is 4.98 Å². The number of anilines is 1. The number of benzene rings is 2. The Balaban J connectivity index is 1.48. The van der Waals surface area contributed by atoms with Gasteiger partial charge in [0.2, 0.25) is 5.89 Å². The molecule has 0 bridgehead atoms. The number of amides is 1. The zero-order valence-corrected chi connectivity index (χ0v) is 16.8. The predicted octanol–water partition coefficient (Wildman–Crippen LogP) is 4.98. The number of nitrogens with one attached hydrogen (secondary N) is 2. The lowest BCUT2D eigenvalue weighted by atomic mass is 10.1. The Kier molecular flexibility index (Phi) is 5.24. The first-order chi connectivity index (χ1) is 14.0. The van der Waals surface area contributed by atoms with Crippen molar-refractivity contribution in [2.24, 2.45) is 0 Å². The molecule has 0 saturated carbocycles. The summed E-state index contributed by atoms with van der Waals surface area (Å²) in [5.74, 6) is 0.156. The van der Waals surface area contributed by atoms with Crippen molar-refractivity contribution < 1.29 is 9.21 Å². The topological polar surface area (TPSA) is 80.1 Å². The summed E-state index contributed by atoms with van der Waals surface area (Å²) < 4.78 is 5.75. The number of aromatic nitrogens is 2. The quantitative estimate of drug-likeness (QED) is 0.453. The van der Waals surface area contributed by atoms with Gasteiger partial charge in [-0.15, -0.1) is 0 Å². The molecule has 2 aromatic heterocycles. The third-order valence-corrected chi connectivity index (χ3v) is 4.64. The summed E-state index contributed by atoms with van der Waals surface area (Å²) in [6.45, 7) is 1.92. The van der Waals surface area contributed by atoms with E-state index in [-0.39, 0.29) is 11.0 Å². The summed E-state index contributed by atoms with van der Waals surface area (Å²) in [6.07, 6.45) is 1.67. The molecule has 0 aliphatic rings. The molecule has 2 heterocycles. The van der Waals surface area contributed by atoms with Crippen LogP contribution in [0.3, 0.4) is 0 Å². The molecule has 0 unspecified atom stereocenters. The fourth-order valence-corrected chi connectivity index (χ4v) is 3.18. The van der Waals surface area contributed by atoms with E-state index in [1.165, 1.54) is 0 Å². The fraction of sp³-hybridized carbons (Fsp3) is 0.0476. The van der Waals surface area contributed by atoms with Gasteiger partial charge in [0.1, 0.15) is 0 Å². The van der Waals surface area contributed by atoms with Crippen LogP contribution in [-0.2, 0) is 0 Å². The standard InChI is InChI=1S/C21H15ClN4O2S/c1-12-10-14(20-25-18-17(28-20)6-3-9-23-18)7-8-16(12)24-21(29)26-19(27)13-4-2-5-15(22)11-13/h2-11H,1H3,(H2,24,26,27,29). The molecule has 0 saturated heterocycles. The third kappa shape index (κ3) is 4.26. The molecule has 8 heteroatoms. The van der Waals surface area contributed by atoms with Gasteiger partial charge in [-0.1, -0.05) is 17.7 Å². The van der Waals surface area contributed by atoms with Crippen LogP contribution in [0.4, 0.5) is 5.69 Å². The number of aryl methyl sites for hydroxylation is 1. The van der Waals surface area contributed by atoms with Gasteiger partial charge in [0.15, 0.2) is 16.3 Å². The highest BCUT2D eigenvalue weighted by atomic mass is 35.5. The number of rotatable bonds is 3. The Morgan fingerprint density at radius 1 is 1.14 bits per heavy atom. The predicted molar refractivity (Wildman–Crippen MR) is 117 cm³/mol. The van der Waals surface area contributed by atoms with Crippen LogP contribution in [-0.4, -0.2) is 21.0 Å². The third-order valence-electron chi connectivity index (χ3n) is 4.20. The van der Waals surface area contributed by atoms with Crippen molar-refractivity contribution in [1.82, 2.24) is 15.3 Å². The smallest absolute Gasteiger partial charge is 0.257 e. The van der Waals surface area contributed by atoms with Crippen LogP contribution in [0, 0.1) is 6.92 Å². The Morgan fingerprint density at radius 3 is 2.76 bits per heavy atom. The molecule has 0 aliphatic heterocycles. The molecule has 4 aromatic rings. The normalized spacial score (nSPS) is 10.7. The highest BCUT2D eigenvalue weighted by Gasteiger charge is 2.12. The van der Waals surface area contributed by atoms with Gasteiger partial charge < -0.3 is 9.73 Å². The van der Waals surface area contributed by atoms with Crippen LogP contribution in [0.1, 0.15) is 15.9 Å². The van der Waals surface area contributed by atoms with Crippen LogP contribution < -0.4 is 10.6 Å². The maximum atomic E-state index is 12.3. The first-order valence-corrected chi connectivity index (χ1v) is 9.49. The number of thiocarbonyl (C=S) groups is 1. The molecule has 2 aromatic carbocycles. The molecular weight excluding hydrogens is 408 g/mol. The summed E-state index contributed by atoms with van der Waals surface area (Å²) in [6, 6.07) is 15.9. The number of carbonyl (C=O) groups is 1. The van der Waals surface area contributed by atoms with Crippen molar-refractivity contribution in [2.75, 3.05) is 5.32 Å². The number of nitrogens with zero attached hydrogens (tertiary/aromatic N) is 2. The zero-order valence-electron chi connectivity index (χ0n) is 15.3. The van der Waals surface area contributed by atoms with Crippen molar-refractivity contribution in [1.29, 1.82) is 0 Å². The second kappa shape index (κ2) is 7.98. The molecule has 6 nitrogen and oxygen atoms in total. The first kappa shape index (κ1) is 19.0. The van der Waals surface area contributed by atoms with Crippen molar-refractivity contribution in [3.63, 3.8) is 0 Å². The molecular formula is C21H15ClN4O2S.